The Balaban J connectivity index is 1.71. The summed E-state index contributed by atoms with van der Waals surface area (Å²) in [4.78, 5) is 19.3. The number of hydrogen-bond donors (Lipinski definition) is 0. The zero-order valence-electron chi connectivity index (χ0n) is 17.5. The van der Waals surface area contributed by atoms with Crippen LogP contribution in [-0.2, 0) is 9.47 Å². The highest BCUT2D eigenvalue weighted by Crippen LogP contribution is 2.22. The van der Waals surface area contributed by atoms with Gasteiger partial charge in [-0.05, 0) is 59.4 Å². The number of amides is 1. The van der Waals surface area contributed by atoms with E-state index in [1.54, 1.807) is 7.11 Å². The van der Waals surface area contributed by atoms with Crippen LogP contribution in [0, 0.1) is 5.92 Å². The van der Waals surface area contributed by atoms with Crippen molar-refractivity contribution < 1.29 is 14.3 Å². The zero-order chi connectivity index (χ0) is 19.2. The van der Waals surface area contributed by atoms with Crippen molar-refractivity contribution in [2.75, 3.05) is 59.5 Å². The van der Waals surface area contributed by atoms with Gasteiger partial charge in [0.25, 0.3) is 0 Å². The Morgan fingerprint density at radius 1 is 1.12 bits per heavy atom. The number of carbonyl (C=O) groups excluding carboxylic acids is 1. The first-order valence-corrected chi connectivity index (χ1v) is 10.2. The molecule has 6 heteroatoms. The van der Waals surface area contributed by atoms with Gasteiger partial charge < -0.3 is 19.3 Å². The molecule has 2 atom stereocenters. The number of nitrogens with zero attached hydrogens (tertiary/aromatic N) is 3. The molecule has 1 amide bonds. The van der Waals surface area contributed by atoms with Crippen molar-refractivity contribution in [2.45, 2.75) is 58.6 Å². The predicted octanol–water partition coefficient (Wildman–Crippen LogP) is 2.68. The minimum absolute atomic E-state index is 0.150. The summed E-state index contributed by atoms with van der Waals surface area (Å²) in [7, 11) is 1.77. The maximum Gasteiger partial charge on any atom is 0.410 e. The lowest BCUT2D eigenvalue weighted by atomic mass is 9.94. The Hall–Kier alpha value is -0.850. The molecule has 0 aromatic heterocycles. The molecule has 0 aromatic rings. The predicted molar refractivity (Wildman–Crippen MR) is 104 cm³/mol. The molecule has 2 fully saturated rings. The van der Waals surface area contributed by atoms with Gasteiger partial charge in [-0.3, -0.25) is 4.90 Å². The summed E-state index contributed by atoms with van der Waals surface area (Å²) in [5.41, 5.74) is -0.414. The number of carbonyl (C=O) groups is 1. The summed E-state index contributed by atoms with van der Waals surface area (Å²) in [6.45, 7) is 16.1. The van der Waals surface area contributed by atoms with E-state index in [1.807, 2.05) is 25.7 Å². The van der Waals surface area contributed by atoms with Crippen molar-refractivity contribution >= 4 is 6.09 Å². The monoisotopic (exact) mass is 369 g/mol. The van der Waals surface area contributed by atoms with Gasteiger partial charge in [-0.1, -0.05) is 0 Å². The Bertz CT molecular complexity index is 439. The van der Waals surface area contributed by atoms with Crippen molar-refractivity contribution in [3.05, 3.63) is 0 Å². The van der Waals surface area contributed by atoms with Crippen LogP contribution < -0.4 is 0 Å². The fraction of sp³-hybridized carbons (Fsp3) is 0.950. The highest BCUT2D eigenvalue weighted by Gasteiger charge is 2.29. The second-order valence-electron chi connectivity index (χ2n) is 8.90. The van der Waals surface area contributed by atoms with Gasteiger partial charge in [-0.25, -0.2) is 4.79 Å². The third-order valence-electron chi connectivity index (χ3n) is 5.46. The molecule has 0 aromatic carbocycles. The summed E-state index contributed by atoms with van der Waals surface area (Å²) >= 11 is 0. The number of piperazine rings is 1. The Kier molecular flexibility index (Phi) is 8.17. The first-order chi connectivity index (χ1) is 12.3. The summed E-state index contributed by atoms with van der Waals surface area (Å²) in [6.07, 6.45) is 3.33. The van der Waals surface area contributed by atoms with Gasteiger partial charge in [0, 0.05) is 52.4 Å². The number of ether oxygens (including phenoxy) is 2. The van der Waals surface area contributed by atoms with Crippen LogP contribution in [0.4, 0.5) is 4.79 Å². The number of rotatable bonds is 6. The molecule has 0 N–H and O–H groups in total. The molecule has 0 saturated carbocycles. The molecule has 2 rings (SSSR count). The maximum absolute atomic E-state index is 12.3. The lowest BCUT2D eigenvalue weighted by Gasteiger charge is -2.41. The van der Waals surface area contributed by atoms with E-state index >= 15 is 0 Å². The quantitative estimate of drug-likeness (QED) is 0.720. The topological polar surface area (TPSA) is 45.2 Å². The summed E-state index contributed by atoms with van der Waals surface area (Å²) in [5, 5.41) is 0. The van der Waals surface area contributed by atoms with Gasteiger partial charge in [-0.2, -0.15) is 0 Å². The van der Waals surface area contributed by atoms with Crippen LogP contribution in [0.25, 0.3) is 0 Å². The van der Waals surface area contributed by atoms with E-state index in [9.17, 15) is 4.79 Å². The van der Waals surface area contributed by atoms with E-state index in [2.05, 4.69) is 16.7 Å². The zero-order valence-corrected chi connectivity index (χ0v) is 17.5. The molecule has 0 spiro atoms. The summed E-state index contributed by atoms with van der Waals surface area (Å²) in [5.74, 6) is 0.595. The molecule has 2 heterocycles. The van der Waals surface area contributed by atoms with E-state index in [0.717, 1.165) is 58.8 Å². The number of likely N-dealkylation sites (tertiary alicyclic amines) is 1. The van der Waals surface area contributed by atoms with Crippen molar-refractivity contribution in [2.24, 2.45) is 5.92 Å². The Labute approximate surface area is 159 Å². The summed E-state index contributed by atoms with van der Waals surface area (Å²) < 4.78 is 10.7. The molecular weight excluding hydrogens is 330 g/mol. The fourth-order valence-electron chi connectivity index (χ4n) is 3.97. The second kappa shape index (κ2) is 9.90. The van der Waals surface area contributed by atoms with Crippen LogP contribution >= 0.6 is 0 Å². The standard InChI is InChI=1S/C20H39N3O3/c1-17-15-21(11-12-22(17)13-14-25-5)10-8-18-7-6-9-23(16-18)19(24)26-20(2,3)4/h17-18H,6-16H2,1-5H3/t17-,18+/m0/s1. The molecule has 2 aliphatic heterocycles. The first-order valence-electron chi connectivity index (χ1n) is 10.2. The first kappa shape index (κ1) is 21.5. The van der Waals surface area contributed by atoms with Gasteiger partial charge >= 0.3 is 6.09 Å². The molecule has 152 valence electrons. The summed E-state index contributed by atoms with van der Waals surface area (Å²) in [6, 6.07) is 0.587. The third-order valence-corrected chi connectivity index (χ3v) is 5.46. The van der Waals surface area contributed by atoms with E-state index in [1.165, 1.54) is 12.8 Å². The lowest BCUT2D eigenvalue weighted by Crippen LogP contribution is -2.53. The van der Waals surface area contributed by atoms with E-state index < -0.39 is 5.60 Å². The molecule has 26 heavy (non-hydrogen) atoms. The van der Waals surface area contributed by atoms with Crippen molar-refractivity contribution in [1.82, 2.24) is 14.7 Å². The van der Waals surface area contributed by atoms with Crippen LogP contribution in [0.3, 0.4) is 0 Å². The highest BCUT2D eigenvalue weighted by atomic mass is 16.6. The molecule has 0 aliphatic carbocycles. The lowest BCUT2D eigenvalue weighted by molar-refractivity contribution is 0.0145. The smallest absolute Gasteiger partial charge is 0.410 e. The van der Waals surface area contributed by atoms with E-state index in [4.69, 9.17) is 9.47 Å². The van der Waals surface area contributed by atoms with Gasteiger partial charge in [0.2, 0.25) is 0 Å². The second-order valence-corrected chi connectivity index (χ2v) is 8.90. The Morgan fingerprint density at radius 3 is 2.54 bits per heavy atom. The minimum atomic E-state index is -0.414. The van der Waals surface area contributed by atoms with Gasteiger partial charge in [0.1, 0.15) is 5.60 Å². The van der Waals surface area contributed by atoms with Crippen LogP contribution in [0.1, 0.15) is 47.0 Å². The van der Waals surface area contributed by atoms with Crippen molar-refractivity contribution in [1.29, 1.82) is 0 Å². The largest absolute Gasteiger partial charge is 0.444 e. The van der Waals surface area contributed by atoms with Crippen LogP contribution in [0.2, 0.25) is 0 Å². The number of methoxy groups -OCH3 is 1. The van der Waals surface area contributed by atoms with Gasteiger partial charge in [0.05, 0.1) is 6.61 Å². The van der Waals surface area contributed by atoms with Crippen molar-refractivity contribution in [3.8, 4) is 0 Å². The maximum atomic E-state index is 12.3. The SMILES string of the molecule is COCCN1CCN(CC[C@H]2CCCN(C(=O)OC(C)(C)C)C2)C[C@@H]1C. The molecule has 0 unspecified atom stereocenters. The minimum Gasteiger partial charge on any atom is -0.444 e. The number of piperidine rings is 1. The molecule has 0 bridgehead atoms. The van der Waals surface area contributed by atoms with Crippen LogP contribution in [0.5, 0.6) is 0 Å². The van der Waals surface area contributed by atoms with Crippen LogP contribution in [-0.4, -0.2) is 92.0 Å². The highest BCUT2D eigenvalue weighted by molar-refractivity contribution is 5.68. The number of hydrogen-bond acceptors (Lipinski definition) is 5. The molecule has 2 saturated heterocycles. The van der Waals surface area contributed by atoms with Crippen LogP contribution in [0.15, 0.2) is 0 Å². The molecular formula is C20H39N3O3. The normalized spacial score (nSPS) is 26.1. The van der Waals surface area contributed by atoms with Gasteiger partial charge in [-0.15, -0.1) is 0 Å². The molecule has 6 nitrogen and oxygen atoms in total. The molecule has 2 aliphatic rings. The van der Waals surface area contributed by atoms with E-state index in [-0.39, 0.29) is 6.09 Å². The third kappa shape index (κ3) is 7.05. The van der Waals surface area contributed by atoms with E-state index in [0.29, 0.717) is 12.0 Å². The Morgan fingerprint density at radius 2 is 1.88 bits per heavy atom. The average molecular weight is 370 g/mol. The fourth-order valence-corrected chi connectivity index (χ4v) is 3.97. The molecule has 0 radical (unpaired) electrons. The average Bonchev–Trinajstić information content (AvgIpc) is 2.58. The van der Waals surface area contributed by atoms with Gasteiger partial charge in [0.15, 0.2) is 0 Å². The van der Waals surface area contributed by atoms with Crippen molar-refractivity contribution in [3.63, 3.8) is 0 Å².